The second kappa shape index (κ2) is 7.63. The molecule has 0 spiro atoms. The third-order valence-corrected chi connectivity index (χ3v) is 5.86. The number of hydrogen-bond acceptors (Lipinski definition) is 5. The van der Waals surface area contributed by atoms with Gasteiger partial charge in [0.05, 0.1) is 5.75 Å². The summed E-state index contributed by atoms with van der Waals surface area (Å²) in [6.07, 6.45) is 0.442. The van der Waals surface area contributed by atoms with Crippen molar-refractivity contribution in [3.05, 3.63) is 48.0 Å². The van der Waals surface area contributed by atoms with Crippen molar-refractivity contribution >= 4 is 35.0 Å². The highest BCUT2D eigenvalue weighted by Gasteiger charge is 2.35. The summed E-state index contributed by atoms with van der Waals surface area (Å²) in [5.41, 5.74) is 2.40. The van der Waals surface area contributed by atoms with Crippen molar-refractivity contribution in [2.75, 3.05) is 22.8 Å². The number of rotatable bonds is 4. The molecule has 2 aliphatic rings. The summed E-state index contributed by atoms with van der Waals surface area (Å²) < 4.78 is 10.8. The molecule has 2 heterocycles. The van der Waals surface area contributed by atoms with Crippen LogP contribution in [0.5, 0.6) is 11.5 Å². The third-order valence-electron chi connectivity index (χ3n) is 4.65. The number of ether oxygens (including phenoxy) is 2. The summed E-state index contributed by atoms with van der Waals surface area (Å²) in [4.78, 5) is 26.7. The van der Waals surface area contributed by atoms with Gasteiger partial charge in [0.15, 0.2) is 11.5 Å². The quantitative estimate of drug-likeness (QED) is 0.797. The van der Waals surface area contributed by atoms with Crippen LogP contribution in [-0.2, 0) is 9.59 Å². The molecule has 7 heteroatoms. The maximum Gasteiger partial charge on any atom is 0.238 e. The van der Waals surface area contributed by atoms with Crippen LogP contribution in [0.2, 0.25) is 0 Å². The van der Waals surface area contributed by atoms with Crippen LogP contribution in [-0.4, -0.2) is 24.4 Å². The largest absolute Gasteiger partial charge is 0.454 e. The lowest BCUT2D eigenvalue weighted by Crippen LogP contribution is -2.27. The van der Waals surface area contributed by atoms with E-state index in [0.717, 1.165) is 16.9 Å². The van der Waals surface area contributed by atoms with Gasteiger partial charge in [-0.15, -0.1) is 11.8 Å². The Balaban J connectivity index is 1.57. The Kier molecular flexibility index (Phi) is 5.17. The van der Waals surface area contributed by atoms with E-state index >= 15 is 0 Å². The van der Waals surface area contributed by atoms with Crippen molar-refractivity contribution in [1.29, 1.82) is 0 Å². The zero-order valence-corrected chi connectivity index (χ0v) is 17.5. The normalized spacial score (nSPS) is 18.2. The lowest BCUT2D eigenvalue weighted by molar-refractivity contribution is -0.118. The van der Waals surface area contributed by atoms with Crippen molar-refractivity contribution in [3.63, 3.8) is 0 Å². The van der Waals surface area contributed by atoms with Crippen molar-refractivity contribution < 1.29 is 19.1 Å². The van der Waals surface area contributed by atoms with Gasteiger partial charge in [-0.1, -0.05) is 32.9 Å². The molecule has 1 atom stereocenters. The molecule has 0 saturated carbocycles. The molecular formula is C22H24N2O4S. The molecule has 6 nitrogen and oxygen atoms in total. The molecule has 4 rings (SSSR count). The number of amides is 2. The maximum absolute atomic E-state index is 12.6. The van der Waals surface area contributed by atoms with E-state index in [1.165, 1.54) is 0 Å². The van der Waals surface area contributed by atoms with E-state index < -0.39 is 0 Å². The first-order chi connectivity index (χ1) is 13.8. The number of carbonyl (C=O) groups excluding carboxylic acids is 2. The minimum atomic E-state index is -0.165. The highest BCUT2D eigenvalue weighted by Crippen LogP contribution is 2.45. The standard InChI is InChI=1S/C22H24N2O4S/c1-22(2,3)11-19(25)23-15-6-4-5-14(9-15)21-24(20(26)12-29-21)16-7-8-17-18(10-16)28-13-27-17/h4-10,21H,11-13H2,1-3H3,(H,23,25)/t21-/m0/s1. The van der Waals surface area contributed by atoms with E-state index in [0.29, 0.717) is 23.7 Å². The molecule has 1 N–H and O–H groups in total. The topological polar surface area (TPSA) is 67.9 Å². The van der Waals surface area contributed by atoms with E-state index in [1.54, 1.807) is 16.7 Å². The number of benzene rings is 2. The average Bonchev–Trinajstić information content (AvgIpc) is 3.25. The van der Waals surface area contributed by atoms with Crippen molar-refractivity contribution in [3.8, 4) is 11.5 Å². The number of nitrogens with zero attached hydrogens (tertiary/aromatic N) is 1. The van der Waals surface area contributed by atoms with Gasteiger partial charge in [0.25, 0.3) is 0 Å². The zero-order chi connectivity index (χ0) is 20.6. The Morgan fingerprint density at radius 1 is 1.17 bits per heavy atom. The first-order valence-electron chi connectivity index (χ1n) is 9.53. The fraction of sp³-hybridized carbons (Fsp3) is 0.364. The number of anilines is 2. The molecule has 29 heavy (non-hydrogen) atoms. The van der Waals surface area contributed by atoms with Crippen LogP contribution in [0.15, 0.2) is 42.5 Å². The Morgan fingerprint density at radius 2 is 1.97 bits per heavy atom. The predicted octanol–water partition coefficient (Wildman–Crippen LogP) is 4.57. The summed E-state index contributed by atoms with van der Waals surface area (Å²) in [6.45, 7) is 6.30. The van der Waals surface area contributed by atoms with E-state index in [4.69, 9.17) is 9.47 Å². The third kappa shape index (κ3) is 4.34. The fourth-order valence-corrected chi connectivity index (χ4v) is 4.61. The lowest BCUT2D eigenvalue weighted by atomic mass is 9.92. The smallest absolute Gasteiger partial charge is 0.238 e. The van der Waals surface area contributed by atoms with Gasteiger partial charge in [0, 0.05) is 23.9 Å². The van der Waals surface area contributed by atoms with Crippen molar-refractivity contribution in [2.24, 2.45) is 5.41 Å². The first-order valence-corrected chi connectivity index (χ1v) is 10.6. The molecule has 152 valence electrons. The summed E-state index contributed by atoms with van der Waals surface area (Å²) in [6, 6.07) is 13.2. The Hall–Kier alpha value is -2.67. The molecule has 0 aliphatic carbocycles. The molecule has 2 aromatic carbocycles. The molecule has 0 bridgehead atoms. The zero-order valence-electron chi connectivity index (χ0n) is 16.7. The van der Waals surface area contributed by atoms with Crippen LogP contribution in [0.4, 0.5) is 11.4 Å². The minimum Gasteiger partial charge on any atom is -0.454 e. The van der Waals surface area contributed by atoms with Crippen LogP contribution in [0.25, 0.3) is 0 Å². The summed E-state index contributed by atoms with van der Waals surface area (Å²) in [5, 5.41) is 2.81. The van der Waals surface area contributed by atoms with Gasteiger partial charge in [0.1, 0.15) is 5.37 Å². The highest BCUT2D eigenvalue weighted by atomic mass is 32.2. The highest BCUT2D eigenvalue weighted by molar-refractivity contribution is 8.00. The predicted molar refractivity (Wildman–Crippen MR) is 114 cm³/mol. The molecule has 1 fully saturated rings. The summed E-state index contributed by atoms with van der Waals surface area (Å²) in [7, 11) is 0. The molecule has 0 unspecified atom stereocenters. The second-order valence-electron chi connectivity index (χ2n) is 8.38. The number of fused-ring (bicyclic) bond motifs is 1. The molecule has 2 aliphatic heterocycles. The average molecular weight is 413 g/mol. The summed E-state index contributed by atoms with van der Waals surface area (Å²) in [5.74, 6) is 1.76. The Labute approximate surface area is 174 Å². The van der Waals surface area contributed by atoms with Crippen molar-refractivity contribution in [1.82, 2.24) is 0 Å². The Bertz CT molecular complexity index is 954. The Morgan fingerprint density at radius 3 is 2.76 bits per heavy atom. The lowest BCUT2D eigenvalue weighted by Gasteiger charge is -2.25. The van der Waals surface area contributed by atoms with Gasteiger partial charge >= 0.3 is 0 Å². The molecule has 0 aromatic heterocycles. The second-order valence-corrected chi connectivity index (χ2v) is 9.44. The van der Waals surface area contributed by atoms with Crippen LogP contribution >= 0.6 is 11.8 Å². The number of carbonyl (C=O) groups is 2. The van der Waals surface area contributed by atoms with Crippen LogP contribution in [0.3, 0.4) is 0 Å². The van der Waals surface area contributed by atoms with Crippen molar-refractivity contribution in [2.45, 2.75) is 32.6 Å². The van der Waals surface area contributed by atoms with E-state index in [9.17, 15) is 9.59 Å². The maximum atomic E-state index is 12.6. The van der Waals surface area contributed by atoms with E-state index in [-0.39, 0.29) is 29.4 Å². The van der Waals surface area contributed by atoms with Crippen LogP contribution in [0, 0.1) is 5.41 Å². The summed E-state index contributed by atoms with van der Waals surface area (Å²) >= 11 is 1.57. The fourth-order valence-electron chi connectivity index (χ4n) is 3.44. The van der Waals surface area contributed by atoms with E-state index in [2.05, 4.69) is 5.32 Å². The molecular weight excluding hydrogens is 388 g/mol. The van der Waals surface area contributed by atoms with Crippen LogP contribution in [0.1, 0.15) is 38.1 Å². The monoisotopic (exact) mass is 412 g/mol. The number of thioether (sulfide) groups is 1. The van der Waals surface area contributed by atoms with Gasteiger partial charge in [-0.05, 0) is 35.2 Å². The van der Waals surface area contributed by atoms with Gasteiger partial charge in [-0.3, -0.25) is 14.5 Å². The SMILES string of the molecule is CC(C)(C)CC(=O)Nc1cccc([C@@H]2SCC(=O)N2c2ccc3c(c2)OCO3)c1. The molecule has 1 saturated heterocycles. The van der Waals surface area contributed by atoms with Gasteiger partial charge in [-0.25, -0.2) is 0 Å². The molecule has 2 aromatic rings. The van der Waals surface area contributed by atoms with Gasteiger partial charge in [0.2, 0.25) is 18.6 Å². The van der Waals surface area contributed by atoms with Crippen LogP contribution < -0.4 is 19.7 Å². The number of hydrogen-bond donors (Lipinski definition) is 1. The van der Waals surface area contributed by atoms with E-state index in [1.807, 2.05) is 63.2 Å². The first kappa shape index (κ1) is 19.6. The minimum absolute atomic E-state index is 0.0163. The van der Waals surface area contributed by atoms with Gasteiger partial charge in [-0.2, -0.15) is 0 Å². The molecule has 0 radical (unpaired) electrons. The molecule has 2 amide bonds. The number of nitrogens with one attached hydrogen (secondary N) is 1. The van der Waals surface area contributed by atoms with Gasteiger partial charge < -0.3 is 14.8 Å².